The van der Waals surface area contributed by atoms with Crippen LogP contribution in [-0.2, 0) is 0 Å². The van der Waals surface area contributed by atoms with Crippen molar-refractivity contribution in [3.63, 3.8) is 0 Å². The van der Waals surface area contributed by atoms with Crippen molar-refractivity contribution < 1.29 is 5.11 Å². The van der Waals surface area contributed by atoms with Crippen molar-refractivity contribution in [1.29, 1.82) is 0 Å². The minimum atomic E-state index is 0.101. The lowest BCUT2D eigenvalue weighted by Gasteiger charge is -2.14. The maximum atomic E-state index is 9.69. The Labute approximate surface area is 98.5 Å². The van der Waals surface area contributed by atoms with Crippen molar-refractivity contribution >= 4 is 0 Å². The Hall–Kier alpha value is -1.02. The molecule has 0 saturated heterocycles. The fraction of sp³-hybridized carbons (Fsp3) is 0.571. The Balaban J connectivity index is 2.72. The molecule has 1 atom stereocenters. The molecule has 1 aromatic rings. The number of aromatic hydroxyl groups is 1. The van der Waals surface area contributed by atoms with Crippen molar-refractivity contribution in [1.82, 2.24) is 0 Å². The van der Waals surface area contributed by atoms with Gasteiger partial charge in [-0.1, -0.05) is 38.3 Å². The average molecular weight is 221 g/mol. The Morgan fingerprint density at radius 3 is 2.25 bits per heavy atom. The zero-order chi connectivity index (χ0) is 12.1. The minimum absolute atomic E-state index is 0.101. The third kappa shape index (κ3) is 3.24. The number of rotatable bonds is 5. The molecule has 0 fully saturated rings. The van der Waals surface area contributed by atoms with Crippen LogP contribution in [0.1, 0.15) is 55.3 Å². The second kappa shape index (κ2) is 5.90. The summed E-state index contributed by atoms with van der Waals surface area (Å²) in [4.78, 5) is 0. The van der Waals surface area contributed by atoms with Crippen LogP contribution in [0.15, 0.2) is 12.1 Å². The summed E-state index contributed by atoms with van der Waals surface area (Å²) in [6.07, 6.45) is 4.66. The van der Waals surface area contributed by atoms with Gasteiger partial charge in [0, 0.05) is 6.04 Å². The van der Waals surface area contributed by atoms with Crippen LogP contribution in [0.3, 0.4) is 0 Å². The summed E-state index contributed by atoms with van der Waals surface area (Å²) in [6, 6.07) is 4.10. The van der Waals surface area contributed by atoms with Gasteiger partial charge in [0.25, 0.3) is 0 Å². The predicted octanol–water partition coefficient (Wildman–Crippen LogP) is 3.59. The lowest BCUT2D eigenvalue weighted by molar-refractivity contribution is 0.466. The minimum Gasteiger partial charge on any atom is -0.507 e. The maximum absolute atomic E-state index is 9.69. The first-order chi connectivity index (χ1) is 7.56. The first-order valence-corrected chi connectivity index (χ1v) is 6.12. The van der Waals surface area contributed by atoms with E-state index in [9.17, 15) is 5.11 Å². The molecule has 0 unspecified atom stereocenters. The monoisotopic (exact) mass is 221 g/mol. The molecule has 0 heterocycles. The van der Waals surface area contributed by atoms with Gasteiger partial charge in [-0.25, -0.2) is 0 Å². The van der Waals surface area contributed by atoms with Crippen LogP contribution < -0.4 is 5.73 Å². The van der Waals surface area contributed by atoms with Gasteiger partial charge in [-0.15, -0.1) is 0 Å². The Morgan fingerprint density at radius 2 is 1.75 bits per heavy atom. The summed E-state index contributed by atoms with van der Waals surface area (Å²) in [5.74, 6) is 0.393. The van der Waals surface area contributed by atoms with Gasteiger partial charge in [0.05, 0.1) is 0 Å². The van der Waals surface area contributed by atoms with E-state index in [0.29, 0.717) is 5.75 Å². The van der Waals surface area contributed by atoms with E-state index < -0.39 is 0 Å². The second-order valence-electron chi connectivity index (χ2n) is 4.61. The molecule has 0 bridgehead atoms. The Morgan fingerprint density at radius 1 is 1.19 bits per heavy atom. The van der Waals surface area contributed by atoms with Crippen LogP contribution in [0.4, 0.5) is 0 Å². The quantitative estimate of drug-likeness (QED) is 0.746. The highest BCUT2D eigenvalue weighted by molar-refractivity contribution is 5.43. The molecule has 0 aromatic heterocycles. The molecule has 0 aliphatic heterocycles. The summed E-state index contributed by atoms with van der Waals surface area (Å²) in [7, 11) is 0. The molecule has 0 saturated carbocycles. The van der Waals surface area contributed by atoms with E-state index in [2.05, 4.69) is 6.92 Å². The van der Waals surface area contributed by atoms with Crippen LogP contribution in [0, 0.1) is 13.8 Å². The Bertz CT molecular complexity index is 324. The number of hydrogen-bond donors (Lipinski definition) is 2. The number of nitrogens with two attached hydrogens (primary N) is 1. The molecule has 90 valence electrons. The van der Waals surface area contributed by atoms with Gasteiger partial charge >= 0.3 is 0 Å². The molecule has 1 rings (SSSR count). The maximum Gasteiger partial charge on any atom is 0.121 e. The molecule has 3 N–H and O–H groups in total. The molecule has 0 radical (unpaired) electrons. The van der Waals surface area contributed by atoms with Crippen molar-refractivity contribution in [3.8, 4) is 5.75 Å². The van der Waals surface area contributed by atoms with Crippen molar-refractivity contribution in [3.05, 3.63) is 28.8 Å². The highest BCUT2D eigenvalue weighted by Crippen LogP contribution is 2.27. The van der Waals surface area contributed by atoms with E-state index in [1.54, 1.807) is 0 Å². The number of benzene rings is 1. The standard InChI is InChI=1S/C14H23NO/c1-4-5-6-7-13(15)12-8-10(2)14(16)11(3)9-12/h8-9,13,16H,4-7,15H2,1-3H3/t13-/m0/s1. The van der Waals surface area contributed by atoms with Gasteiger partial charge in [-0.05, 0) is 37.0 Å². The number of phenolic OH excluding ortho intramolecular Hbond substituents is 1. The highest BCUT2D eigenvalue weighted by atomic mass is 16.3. The third-order valence-corrected chi connectivity index (χ3v) is 3.06. The zero-order valence-corrected chi connectivity index (χ0v) is 10.6. The predicted molar refractivity (Wildman–Crippen MR) is 68.7 cm³/mol. The first kappa shape index (κ1) is 13.0. The van der Waals surface area contributed by atoms with Crippen molar-refractivity contribution in [2.45, 2.75) is 52.5 Å². The molecule has 16 heavy (non-hydrogen) atoms. The highest BCUT2D eigenvalue weighted by Gasteiger charge is 2.09. The van der Waals surface area contributed by atoms with Gasteiger partial charge in [0.1, 0.15) is 5.75 Å². The van der Waals surface area contributed by atoms with E-state index in [1.165, 1.54) is 19.3 Å². The van der Waals surface area contributed by atoms with Crippen molar-refractivity contribution in [2.75, 3.05) is 0 Å². The van der Waals surface area contributed by atoms with E-state index in [-0.39, 0.29) is 6.04 Å². The number of unbranched alkanes of at least 4 members (excludes halogenated alkanes) is 2. The number of aryl methyl sites for hydroxylation is 2. The number of phenols is 1. The molecular formula is C14H23NO. The topological polar surface area (TPSA) is 46.2 Å². The lowest BCUT2D eigenvalue weighted by atomic mass is 9.97. The smallest absolute Gasteiger partial charge is 0.121 e. The van der Waals surface area contributed by atoms with E-state index >= 15 is 0 Å². The molecule has 2 heteroatoms. The Kier molecular flexibility index (Phi) is 4.81. The molecule has 0 aliphatic rings. The van der Waals surface area contributed by atoms with Crippen LogP contribution in [0.2, 0.25) is 0 Å². The van der Waals surface area contributed by atoms with Gasteiger partial charge in [-0.3, -0.25) is 0 Å². The lowest BCUT2D eigenvalue weighted by Crippen LogP contribution is -2.10. The van der Waals surface area contributed by atoms with E-state index in [0.717, 1.165) is 23.1 Å². The molecule has 1 aromatic carbocycles. The van der Waals surface area contributed by atoms with Crippen LogP contribution in [0.25, 0.3) is 0 Å². The zero-order valence-electron chi connectivity index (χ0n) is 10.6. The summed E-state index contributed by atoms with van der Waals surface area (Å²) in [5, 5.41) is 9.69. The fourth-order valence-corrected chi connectivity index (χ4v) is 1.98. The van der Waals surface area contributed by atoms with Crippen LogP contribution in [0.5, 0.6) is 5.75 Å². The van der Waals surface area contributed by atoms with Gasteiger partial charge < -0.3 is 10.8 Å². The summed E-state index contributed by atoms with van der Waals surface area (Å²) >= 11 is 0. The molecule has 0 spiro atoms. The molecule has 0 amide bonds. The molecular weight excluding hydrogens is 198 g/mol. The molecule has 0 aliphatic carbocycles. The van der Waals surface area contributed by atoms with E-state index in [4.69, 9.17) is 5.73 Å². The summed E-state index contributed by atoms with van der Waals surface area (Å²) < 4.78 is 0. The van der Waals surface area contributed by atoms with E-state index in [1.807, 2.05) is 26.0 Å². The fourth-order valence-electron chi connectivity index (χ4n) is 1.98. The van der Waals surface area contributed by atoms with Gasteiger partial charge in [0.2, 0.25) is 0 Å². The average Bonchev–Trinajstić information content (AvgIpc) is 2.25. The normalized spacial score (nSPS) is 12.8. The third-order valence-electron chi connectivity index (χ3n) is 3.06. The SMILES string of the molecule is CCCCC[C@H](N)c1cc(C)c(O)c(C)c1. The summed E-state index contributed by atoms with van der Waals surface area (Å²) in [5.41, 5.74) is 9.12. The van der Waals surface area contributed by atoms with Crippen LogP contribution >= 0.6 is 0 Å². The number of hydrogen-bond acceptors (Lipinski definition) is 2. The molecule has 2 nitrogen and oxygen atoms in total. The largest absolute Gasteiger partial charge is 0.507 e. The van der Waals surface area contributed by atoms with Crippen LogP contribution in [-0.4, -0.2) is 5.11 Å². The first-order valence-electron chi connectivity index (χ1n) is 6.12. The van der Waals surface area contributed by atoms with Gasteiger partial charge in [-0.2, -0.15) is 0 Å². The van der Waals surface area contributed by atoms with Crippen molar-refractivity contribution in [2.24, 2.45) is 5.73 Å². The van der Waals surface area contributed by atoms with Gasteiger partial charge in [0.15, 0.2) is 0 Å². The summed E-state index contributed by atoms with van der Waals surface area (Å²) in [6.45, 7) is 6.04. The second-order valence-corrected chi connectivity index (χ2v) is 4.61.